The summed E-state index contributed by atoms with van der Waals surface area (Å²) < 4.78 is 0. The van der Waals surface area contributed by atoms with Crippen molar-refractivity contribution in [1.82, 2.24) is 4.90 Å². The van der Waals surface area contributed by atoms with Crippen molar-refractivity contribution in [3.05, 3.63) is 13.3 Å². The molecule has 0 aromatic rings. The Balaban J connectivity index is -0.000000392. The van der Waals surface area contributed by atoms with Gasteiger partial charge in [0.2, 0.25) is 0 Å². The van der Waals surface area contributed by atoms with E-state index < -0.39 is 0 Å². The zero-order chi connectivity index (χ0) is 13.7. The quantitative estimate of drug-likeness (QED) is 0.348. The number of hydrogen-bond donors (Lipinski definition) is 0. The Morgan fingerprint density at radius 2 is 1.39 bits per heavy atom. The van der Waals surface area contributed by atoms with Crippen LogP contribution in [0.4, 0.5) is 0 Å². The van der Waals surface area contributed by atoms with E-state index in [1.165, 1.54) is 32.2 Å². The van der Waals surface area contributed by atoms with Gasteiger partial charge in [-0.3, -0.25) is 0 Å². The molecular formula is C16H35MgN. The number of unbranched alkanes of at least 4 members (excludes halogenated alkanes) is 4. The molecule has 106 valence electrons. The van der Waals surface area contributed by atoms with E-state index >= 15 is 0 Å². The van der Waals surface area contributed by atoms with Crippen LogP contribution in [0.1, 0.15) is 73.6 Å². The van der Waals surface area contributed by atoms with Crippen LogP contribution in [-0.4, -0.2) is 46.6 Å². The molecule has 0 amide bonds. The van der Waals surface area contributed by atoms with Crippen molar-refractivity contribution >= 4 is 23.1 Å². The molecule has 0 aromatic heterocycles. The Labute approximate surface area is 133 Å². The molecule has 0 radical (unpaired) electrons. The minimum absolute atomic E-state index is 0. The maximum atomic E-state index is 3.60. The summed E-state index contributed by atoms with van der Waals surface area (Å²) in [5.41, 5.74) is 0. The first-order valence-electron chi connectivity index (χ1n) is 7.37. The molecule has 2 heteroatoms. The van der Waals surface area contributed by atoms with Crippen LogP contribution in [-0.2, 0) is 0 Å². The number of rotatable bonds is 8. The maximum Gasteiger partial charge on any atom is 2.00 e. The van der Waals surface area contributed by atoms with E-state index in [1.807, 2.05) is 0 Å². The topological polar surface area (TPSA) is 3.24 Å². The fourth-order valence-electron chi connectivity index (χ4n) is 1.70. The molecule has 0 spiro atoms. The van der Waals surface area contributed by atoms with Crippen molar-refractivity contribution < 1.29 is 0 Å². The van der Waals surface area contributed by atoms with Crippen LogP contribution >= 0.6 is 0 Å². The summed E-state index contributed by atoms with van der Waals surface area (Å²) in [5, 5.41) is 0. The van der Waals surface area contributed by atoms with Crippen molar-refractivity contribution in [2.45, 2.75) is 85.7 Å². The third-order valence-electron chi connectivity index (χ3n) is 2.76. The van der Waals surface area contributed by atoms with E-state index in [4.69, 9.17) is 0 Å². The van der Waals surface area contributed by atoms with Crippen LogP contribution in [0.15, 0.2) is 0 Å². The van der Waals surface area contributed by atoms with Gasteiger partial charge in [0.25, 0.3) is 0 Å². The van der Waals surface area contributed by atoms with Gasteiger partial charge in [0.15, 0.2) is 0 Å². The largest absolute Gasteiger partial charge is 2.00 e. The Kier molecular flexibility index (Phi) is 23.4. The minimum Gasteiger partial charge on any atom is -0.343 e. The fourth-order valence-corrected chi connectivity index (χ4v) is 1.70. The molecular weight excluding hydrogens is 230 g/mol. The molecule has 0 unspecified atom stereocenters. The molecule has 0 bridgehead atoms. The fraction of sp³-hybridized carbons (Fsp3) is 0.875. The van der Waals surface area contributed by atoms with Crippen LogP contribution in [0, 0.1) is 13.3 Å². The SMILES string of the molecule is CCC[CH-]CCN(C(C)C)C(C)C.[CH2-]CCC.[Mg+2]. The second-order valence-electron chi connectivity index (χ2n) is 5.14. The van der Waals surface area contributed by atoms with Gasteiger partial charge in [-0.15, -0.1) is 0 Å². The first kappa shape index (κ1) is 23.8. The standard InChI is InChI=1S/C12H26N.C4H9.Mg/c1-6-7-8-9-10-13(11(2)3)12(4)5;1-3-4-2;/h8,11-12H,6-7,9-10H2,1-5H3;1,3-4H2,2H3;/q2*-1;+2. The van der Waals surface area contributed by atoms with Crippen molar-refractivity contribution in [2.24, 2.45) is 0 Å². The van der Waals surface area contributed by atoms with E-state index in [0.29, 0.717) is 12.1 Å². The number of hydrogen-bond acceptors (Lipinski definition) is 1. The summed E-state index contributed by atoms with van der Waals surface area (Å²) in [4.78, 5) is 2.55. The monoisotopic (exact) mass is 265 g/mol. The van der Waals surface area contributed by atoms with Crippen LogP contribution in [0.2, 0.25) is 0 Å². The summed E-state index contributed by atoms with van der Waals surface area (Å²) in [5.74, 6) is 0. The molecule has 0 aromatic carbocycles. The van der Waals surface area contributed by atoms with E-state index in [1.54, 1.807) is 0 Å². The molecule has 0 saturated heterocycles. The summed E-state index contributed by atoms with van der Waals surface area (Å²) >= 11 is 0. The van der Waals surface area contributed by atoms with Crippen LogP contribution in [0.5, 0.6) is 0 Å². The summed E-state index contributed by atoms with van der Waals surface area (Å²) in [6.07, 6.45) is 8.48. The van der Waals surface area contributed by atoms with E-state index in [0.717, 1.165) is 6.42 Å². The van der Waals surface area contributed by atoms with Crippen molar-refractivity contribution in [1.29, 1.82) is 0 Å². The number of nitrogens with zero attached hydrogens (tertiary/aromatic N) is 1. The van der Waals surface area contributed by atoms with Gasteiger partial charge in [0.05, 0.1) is 0 Å². The molecule has 1 nitrogen and oxygen atoms in total. The van der Waals surface area contributed by atoms with Gasteiger partial charge in [-0.1, -0.05) is 26.7 Å². The van der Waals surface area contributed by atoms with Crippen molar-refractivity contribution in [3.8, 4) is 0 Å². The average Bonchev–Trinajstić information content (AvgIpc) is 2.28. The van der Waals surface area contributed by atoms with Gasteiger partial charge in [-0.05, 0) is 34.2 Å². The first-order valence-corrected chi connectivity index (χ1v) is 7.37. The zero-order valence-electron chi connectivity index (χ0n) is 13.8. The Morgan fingerprint density at radius 3 is 1.67 bits per heavy atom. The summed E-state index contributed by atoms with van der Waals surface area (Å²) in [7, 11) is 0. The molecule has 0 heterocycles. The van der Waals surface area contributed by atoms with Gasteiger partial charge >= 0.3 is 23.1 Å². The predicted octanol–water partition coefficient (Wildman–Crippen LogP) is 4.74. The van der Waals surface area contributed by atoms with Gasteiger partial charge in [-0.2, -0.15) is 19.3 Å². The normalized spacial score (nSPS) is 10.3. The molecule has 0 aliphatic carbocycles. The van der Waals surface area contributed by atoms with Gasteiger partial charge < -0.3 is 18.2 Å². The molecule has 0 fully saturated rings. The Morgan fingerprint density at radius 1 is 0.944 bits per heavy atom. The van der Waals surface area contributed by atoms with Crippen molar-refractivity contribution in [2.75, 3.05) is 6.54 Å². The Hall–Kier alpha value is 0.726. The molecule has 0 N–H and O–H groups in total. The average molecular weight is 266 g/mol. The molecule has 0 aliphatic rings. The molecule has 0 saturated carbocycles. The van der Waals surface area contributed by atoms with E-state index in [9.17, 15) is 0 Å². The minimum atomic E-state index is 0. The summed E-state index contributed by atoms with van der Waals surface area (Å²) in [6.45, 7) is 18.3. The van der Waals surface area contributed by atoms with Crippen LogP contribution in [0.25, 0.3) is 0 Å². The zero-order valence-corrected chi connectivity index (χ0v) is 15.3. The van der Waals surface area contributed by atoms with Crippen LogP contribution < -0.4 is 0 Å². The molecule has 0 rings (SSSR count). The second-order valence-corrected chi connectivity index (χ2v) is 5.14. The smallest absolute Gasteiger partial charge is 0.343 e. The van der Waals surface area contributed by atoms with Gasteiger partial charge in [-0.25, -0.2) is 0 Å². The predicted molar refractivity (Wildman–Crippen MR) is 86.8 cm³/mol. The van der Waals surface area contributed by atoms with E-state index in [2.05, 4.69) is 59.8 Å². The maximum absolute atomic E-state index is 3.60. The molecule has 18 heavy (non-hydrogen) atoms. The van der Waals surface area contributed by atoms with Gasteiger partial charge in [0, 0.05) is 12.1 Å². The molecule has 0 atom stereocenters. The molecule has 0 aliphatic heterocycles. The first-order chi connectivity index (χ1) is 8.01. The van der Waals surface area contributed by atoms with Crippen LogP contribution in [0.3, 0.4) is 0 Å². The third-order valence-corrected chi connectivity index (χ3v) is 2.76. The second kappa shape index (κ2) is 17.7. The van der Waals surface area contributed by atoms with Crippen molar-refractivity contribution in [3.63, 3.8) is 0 Å². The van der Waals surface area contributed by atoms with Gasteiger partial charge in [0.1, 0.15) is 0 Å². The summed E-state index contributed by atoms with van der Waals surface area (Å²) in [6, 6.07) is 1.35. The third kappa shape index (κ3) is 16.7. The van der Waals surface area contributed by atoms with E-state index in [-0.39, 0.29) is 23.1 Å². The Bertz CT molecular complexity index is 125.